The highest BCUT2D eigenvalue weighted by Crippen LogP contribution is 2.25. The Bertz CT molecular complexity index is 450. The van der Waals surface area contributed by atoms with Crippen molar-refractivity contribution in [2.75, 3.05) is 13.1 Å². The number of halogens is 1. The molecular formula is C15H20ClNO2. The van der Waals surface area contributed by atoms with E-state index in [1.54, 1.807) is 19.1 Å². The zero-order chi connectivity index (χ0) is 13.8. The Balaban J connectivity index is 1.97. The first-order valence-electron chi connectivity index (χ1n) is 6.78. The average molecular weight is 282 g/mol. The van der Waals surface area contributed by atoms with E-state index < -0.39 is 6.10 Å². The monoisotopic (exact) mass is 281 g/mol. The molecule has 2 atom stereocenters. The molecule has 1 aliphatic heterocycles. The van der Waals surface area contributed by atoms with Gasteiger partial charge < -0.3 is 9.64 Å². The van der Waals surface area contributed by atoms with Crippen LogP contribution in [0.25, 0.3) is 0 Å². The Morgan fingerprint density at radius 1 is 1.47 bits per heavy atom. The van der Waals surface area contributed by atoms with Crippen molar-refractivity contribution in [3.63, 3.8) is 0 Å². The van der Waals surface area contributed by atoms with Crippen LogP contribution in [0.2, 0.25) is 5.02 Å². The van der Waals surface area contributed by atoms with E-state index in [1.807, 2.05) is 17.0 Å². The van der Waals surface area contributed by atoms with Crippen LogP contribution in [0.5, 0.6) is 5.75 Å². The first kappa shape index (κ1) is 14.2. The minimum atomic E-state index is -0.495. The van der Waals surface area contributed by atoms with E-state index in [9.17, 15) is 4.79 Å². The van der Waals surface area contributed by atoms with Gasteiger partial charge in [-0.1, -0.05) is 30.7 Å². The quantitative estimate of drug-likeness (QED) is 0.850. The number of ether oxygens (including phenoxy) is 1. The molecule has 2 rings (SSSR count). The summed E-state index contributed by atoms with van der Waals surface area (Å²) in [5.41, 5.74) is 0. The second kappa shape index (κ2) is 6.29. The van der Waals surface area contributed by atoms with E-state index in [1.165, 1.54) is 6.42 Å². The van der Waals surface area contributed by atoms with Crippen molar-refractivity contribution in [2.45, 2.75) is 32.8 Å². The number of carbonyl (C=O) groups excluding carboxylic acids is 1. The summed E-state index contributed by atoms with van der Waals surface area (Å²) in [6.07, 6.45) is 1.78. The van der Waals surface area contributed by atoms with Crippen LogP contribution in [-0.2, 0) is 4.79 Å². The second-order valence-corrected chi connectivity index (χ2v) is 5.63. The number of rotatable bonds is 3. The second-order valence-electron chi connectivity index (χ2n) is 5.22. The number of piperidine rings is 1. The van der Waals surface area contributed by atoms with E-state index >= 15 is 0 Å². The molecule has 1 amide bonds. The summed E-state index contributed by atoms with van der Waals surface area (Å²) >= 11 is 6.03. The Hall–Kier alpha value is -1.22. The van der Waals surface area contributed by atoms with E-state index in [0.29, 0.717) is 16.7 Å². The van der Waals surface area contributed by atoms with Gasteiger partial charge >= 0.3 is 0 Å². The number of hydrogen-bond acceptors (Lipinski definition) is 2. The summed E-state index contributed by atoms with van der Waals surface area (Å²) in [6, 6.07) is 7.23. The topological polar surface area (TPSA) is 29.5 Å². The smallest absolute Gasteiger partial charge is 0.263 e. The molecular weight excluding hydrogens is 262 g/mol. The van der Waals surface area contributed by atoms with Gasteiger partial charge in [0.1, 0.15) is 5.75 Å². The number of likely N-dealkylation sites (tertiary alicyclic amines) is 1. The molecule has 0 bridgehead atoms. The number of hydrogen-bond donors (Lipinski definition) is 0. The summed E-state index contributed by atoms with van der Waals surface area (Å²) in [6.45, 7) is 5.62. The van der Waals surface area contributed by atoms with Crippen LogP contribution in [-0.4, -0.2) is 30.0 Å². The van der Waals surface area contributed by atoms with E-state index in [4.69, 9.17) is 16.3 Å². The highest BCUT2D eigenvalue weighted by Gasteiger charge is 2.26. The first-order valence-corrected chi connectivity index (χ1v) is 7.15. The maximum atomic E-state index is 12.3. The fourth-order valence-electron chi connectivity index (χ4n) is 2.43. The third kappa shape index (κ3) is 3.63. The average Bonchev–Trinajstić information content (AvgIpc) is 2.40. The molecule has 0 unspecified atom stereocenters. The number of benzene rings is 1. The van der Waals surface area contributed by atoms with Crippen LogP contribution in [0.15, 0.2) is 24.3 Å². The molecule has 0 radical (unpaired) electrons. The molecule has 19 heavy (non-hydrogen) atoms. The molecule has 104 valence electrons. The minimum absolute atomic E-state index is 0.0477. The lowest BCUT2D eigenvalue weighted by atomic mass is 10.00. The van der Waals surface area contributed by atoms with Crippen molar-refractivity contribution < 1.29 is 9.53 Å². The molecule has 1 fully saturated rings. The molecule has 1 aliphatic rings. The van der Waals surface area contributed by atoms with Crippen LogP contribution >= 0.6 is 11.6 Å². The van der Waals surface area contributed by atoms with Gasteiger partial charge in [0.05, 0.1) is 5.02 Å². The molecule has 0 saturated carbocycles. The largest absolute Gasteiger partial charge is 0.479 e. The Kier molecular flexibility index (Phi) is 4.70. The Morgan fingerprint density at radius 2 is 2.21 bits per heavy atom. The maximum absolute atomic E-state index is 12.3. The fraction of sp³-hybridized carbons (Fsp3) is 0.533. The lowest BCUT2D eigenvalue weighted by Crippen LogP contribution is -2.45. The fourth-order valence-corrected chi connectivity index (χ4v) is 2.61. The molecule has 3 nitrogen and oxygen atoms in total. The normalized spacial score (nSPS) is 21.0. The highest BCUT2D eigenvalue weighted by molar-refractivity contribution is 6.32. The number of amides is 1. The van der Waals surface area contributed by atoms with Crippen molar-refractivity contribution in [3.8, 4) is 5.75 Å². The van der Waals surface area contributed by atoms with Gasteiger partial charge in [0.15, 0.2) is 6.10 Å². The molecule has 0 aliphatic carbocycles. The van der Waals surface area contributed by atoms with Gasteiger partial charge in [0.2, 0.25) is 0 Å². The molecule has 0 spiro atoms. The van der Waals surface area contributed by atoms with Gasteiger partial charge in [-0.15, -0.1) is 0 Å². The van der Waals surface area contributed by atoms with Gasteiger partial charge in [-0.25, -0.2) is 0 Å². The van der Waals surface area contributed by atoms with Crippen LogP contribution in [0.4, 0.5) is 0 Å². The zero-order valence-electron chi connectivity index (χ0n) is 11.4. The summed E-state index contributed by atoms with van der Waals surface area (Å²) in [4.78, 5) is 14.2. The lowest BCUT2D eigenvalue weighted by molar-refractivity contribution is -0.139. The van der Waals surface area contributed by atoms with Crippen molar-refractivity contribution >= 4 is 17.5 Å². The van der Waals surface area contributed by atoms with Gasteiger partial charge in [0.25, 0.3) is 5.91 Å². The van der Waals surface area contributed by atoms with Crippen molar-refractivity contribution in [2.24, 2.45) is 5.92 Å². The zero-order valence-corrected chi connectivity index (χ0v) is 12.2. The van der Waals surface area contributed by atoms with Gasteiger partial charge in [-0.3, -0.25) is 4.79 Å². The molecule has 0 N–H and O–H groups in total. The maximum Gasteiger partial charge on any atom is 0.263 e. The lowest BCUT2D eigenvalue weighted by Gasteiger charge is -2.32. The van der Waals surface area contributed by atoms with Crippen LogP contribution in [0.3, 0.4) is 0 Å². The summed E-state index contributed by atoms with van der Waals surface area (Å²) < 4.78 is 5.67. The number of carbonyl (C=O) groups is 1. The van der Waals surface area contributed by atoms with Crippen LogP contribution in [0, 0.1) is 5.92 Å². The SMILES string of the molecule is C[C@H]1CCCN(C(=O)[C@H](C)Oc2ccccc2Cl)C1. The minimum Gasteiger partial charge on any atom is -0.479 e. The van der Waals surface area contributed by atoms with Gasteiger partial charge in [0, 0.05) is 13.1 Å². The van der Waals surface area contributed by atoms with Crippen molar-refractivity contribution in [1.82, 2.24) is 4.90 Å². The van der Waals surface area contributed by atoms with Crippen LogP contribution in [0.1, 0.15) is 26.7 Å². The molecule has 1 aromatic rings. The molecule has 1 heterocycles. The third-order valence-electron chi connectivity index (χ3n) is 3.46. The predicted octanol–water partition coefficient (Wildman–Crippen LogP) is 3.37. The predicted molar refractivity (Wildman–Crippen MR) is 76.5 cm³/mol. The molecule has 1 aromatic carbocycles. The van der Waals surface area contributed by atoms with Crippen LogP contribution < -0.4 is 4.74 Å². The van der Waals surface area contributed by atoms with Gasteiger partial charge in [-0.2, -0.15) is 0 Å². The molecule has 4 heteroatoms. The first-order chi connectivity index (χ1) is 9.08. The summed E-state index contributed by atoms with van der Waals surface area (Å²) in [7, 11) is 0. The van der Waals surface area contributed by atoms with Crippen molar-refractivity contribution in [3.05, 3.63) is 29.3 Å². The molecule has 1 saturated heterocycles. The van der Waals surface area contributed by atoms with Gasteiger partial charge in [-0.05, 0) is 37.8 Å². The van der Waals surface area contributed by atoms with Crippen molar-refractivity contribution in [1.29, 1.82) is 0 Å². The standard InChI is InChI=1S/C15H20ClNO2/c1-11-6-5-9-17(10-11)15(18)12(2)19-14-8-4-3-7-13(14)16/h3-4,7-8,11-12H,5-6,9-10H2,1-2H3/t11-,12-/m0/s1. The highest BCUT2D eigenvalue weighted by atomic mass is 35.5. The van der Waals surface area contributed by atoms with E-state index in [2.05, 4.69) is 6.92 Å². The summed E-state index contributed by atoms with van der Waals surface area (Å²) in [5.74, 6) is 1.19. The Labute approximate surface area is 119 Å². The summed E-state index contributed by atoms with van der Waals surface area (Å²) in [5, 5.41) is 0.536. The number of nitrogens with zero attached hydrogens (tertiary/aromatic N) is 1. The molecule has 0 aromatic heterocycles. The van der Waals surface area contributed by atoms with E-state index in [0.717, 1.165) is 19.5 Å². The number of para-hydroxylation sites is 1. The van der Waals surface area contributed by atoms with E-state index in [-0.39, 0.29) is 5.91 Å². The Morgan fingerprint density at radius 3 is 2.89 bits per heavy atom. The third-order valence-corrected chi connectivity index (χ3v) is 3.77.